The molecule has 2 aromatic heterocycles. The molecular formula is C17H18N4. The predicted molar refractivity (Wildman–Crippen MR) is 83.9 cm³/mol. The lowest BCUT2D eigenvalue weighted by atomic mass is 10.00. The topological polar surface area (TPSA) is 75.6 Å². The fourth-order valence-electron chi connectivity index (χ4n) is 2.19. The van der Waals surface area contributed by atoms with Gasteiger partial charge < -0.3 is 5.73 Å². The van der Waals surface area contributed by atoms with Crippen LogP contribution in [0.25, 0.3) is 11.1 Å². The summed E-state index contributed by atoms with van der Waals surface area (Å²) in [4.78, 5) is 8.78. The monoisotopic (exact) mass is 278 g/mol. The van der Waals surface area contributed by atoms with Gasteiger partial charge in [-0.3, -0.25) is 9.97 Å². The van der Waals surface area contributed by atoms with Gasteiger partial charge in [0, 0.05) is 18.9 Å². The first-order chi connectivity index (χ1) is 10.1. The number of pyridine rings is 2. The number of aryl methyl sites for hydroxylation is 2. The minimum absolute atomic E-state index is 0.458. The number of nitrogens with zero attached hydrogens (tertiary/aromatic N) is 3. The second kappa shape index (κ2) is 6.29. The van der Waals surface area contributed by atoms with Crippen LogP contribution in [0.2, 0.25) is 0 Å². The lowest BCUT2D eigenvalue weighted by Gasteiger charge is -2.09. The van der Waals surface area contributed by atoms with Crippen LogP contribution in [0.3, 0.4) is 0 Å². The van der Waals surface area contributed by atoms with Gasteiger partial charge in [-0.1, -0.05) is 12.1 Å². The molecule has 2 N–H and O–H groups in total. The second-order valence-electron chi connectivity index (χ2n) is 5.05. The highest BCUT2D eigenvalue weighted by Crippen LogP contribution is 2.25. The summed E-state index contributed by atoms with van der Waals surface area (Å²) in [5, 5.41) is 9.51. The van der Waals surface area contributed by atoms with Crippen LogP contribution >= 0.6 is 0 Å². The van der Waals surface area contributed by atoms with E-state index in [1.165, 1.54) is 0 Å². The molecule has 0 saturated heterocycles. The Kier molecular flexibility index (Phi) is 4.46. The van der Waals surface area contributed by atoms with Crippen molar-refractivity contribution >= 4 is 11.1 Å². The summed E-state index contributed by atoms with van der Waals surface area (Å²) in [5.74, 6) is 0. The Balaban J connectivity index is 2.53. The summed E-state index contributed by atoms with van der Waals surface area (Å²) < 4.78 is 0. The van der Waals surface area contributed by atoms with Crippen LogP contribution < -0.4 is 5.73 Å². The molecule has 0 amide bonds. The lowest BCUT2D eigenvalue weighted by Crippen LogP contribution is -1.99. The summed E-state index contributed by atoms with van der Waals surface area (Å²) in [6.07, 6.45) is 3.52. The Morgan fingerprint density at radius 3 is 2.52 bits per heavy atom. The van der Waals surface area contributed by atoms with E-state index in [0.29, 0.717) is 17.8 Å². The number of allylic oxidation sites excluding steroid dienone is 2. The molecule has 0 saturated carbocycles. The van der Waals surface area contributed by atoms with Crippen molar-refractivity contribution in [2.24, 2.45) is 5.73 Å². The molecule has 2 aromatic rings. The van der Waals surface area contributed by atoms with E-state index in [9.17, 15) is 5.26 Å². The van der Waals surface area contributed by atoms with Gasteiger partial charge in [0.25, 0.3) is 0 Å². The van der Waals surface area contributed by atoms with Gasteiger partial charge in [0.2, 0.25) is 0 Å². The van der Waals surface area contributed by atoms with E-state index in [1.54, 1.807) is 12.4 Å². The van der Waals surface area contributed by atoms with Crippen LogP contribution in [-0.4, -0.2) is 9.97 Å². The minimum Gasteiger partial charge on any atom is -0.326 e. The maximum atomic E-state index is 9.51. The molecule has 4 nitrogen and oxygen atoms in total. The molecule has 0 bridgehead atoms. The van der Waals surface area contributed by atoms with E-state index in [1.807, 2.05) is 39.0 Å². The van der Waals surface area contributed by atoms with Crippen molar-refractivity contribution in [3.8, 4) is 6.07 Å². The fourth-order valence-corrected chi connectivity index (χ4v) is 2.19. The SMILES string of the molecule is CC(=C(C#N)c1ncc(C)cc1C)c1ccc(CN)cn1. The lowest BCUT2D eigenvalue weighted by molar-refractivity contribution is 1.04. The third-order valence-electron chi connectivity index (χ3n) is 3.38. The first-order valence-electron chi connectivity index (χ1n) is 6.76. The van der Waals surface area contributed by atoms with Gasteiger partial charge in [0.1, 0.15) is 6.07 Å². The highest BCUT2D eigenvalue weighted by Gasteiger charge is 2.12. The van der Waals surface area contributed by atoms with Crippen molar-refractivity contribution in [3.63, 3.8) is 0 Å². The predicted octanol–water partition coefficient (Wildman–Crippen LogP) is 3.01. The normalized spacial score (nSPS) is 11.8. The summed E-state index contributed by atoms with van der Waals surface area (Å²) in [5.41, 5.74) is 11.5. The van der Waals surface area contributed by atoms with Crippen molar-refractivity contribution in [2.45, 2.75) is 27.3 Å². The Morgan fingerprint density at radius 1 is 1.24 bits per heavy atom. The number of nitriles is 1. The zero-order chi connectivity index (χ0) is 15.4. The molecule has 0 unspecified atom stereocenters. The van der Waals surface area contributed by atoms with Crippen LogP contribution in [0.4, 0.5) is 0 Å². The molecular weight excluding hydrogens is 260 g/mol. The van der Waals surface area contributed by atoms with Crippen molar-refractivity contribution < 1.29 is 0 Å². The smallest absolute Gasteiger partial charge is 0.102 e. The standard InChI is InChI=1S/C17H18N4/c1-11-6-12(2)17(21-9-11)15(8-19)13(3)16-5-4-14(7-18)10-20-16/h4-6,9-10H,7,18H2,1-3H3. The van der Waals surface area contributed by atoms with Gasteiger partial charge in [-0.25, -0.2) is 0 Å². The largest absolute Gasteiger partial charge is 0.326 e. The van der Waals surface area contributed by atoms with Gasteiger partial charge in [-0.05, 0) is 49.1 Å². The maximum Gasteiger partial charge on any atom is 0.102 e. The molecule has 106 valence electrons. The molecule has 0 atom stereocenters. The first-order valence-corrected chi connectivity index (χ1v) is 6.76. The van der Waals surface area contributed by atoms with Gasteiger partial charge in [0.15, 0.2) is 0 Å². The van der Waals surface area contributed by atoms with Gasteiger partial charge in [0.05, 0.1) is 17.0 Å². The Bertz CT molecular complexity index is 721. The molecule has 0 fully saturated rings. The van der Waals surface area contributed by atoms with E-state index >= 15 is 0 Å². The van der Waals surface area contributed by atoms with Crippen molar-refractivity contribution in [1.82, 2.24) is 9.97 Å². The molecule has 0 aliphatic rings. The molecule has 0 radical (unpaired) electrons. The molecule has 0 spiro atoms. The zero-order valence-electron chi connectivity index (χ0n) is 12.5. The Labute approximate surface area is 125 Å². The van der Waals surface area contributed by atoms with Gasteiger partial charge in [-0.2, -0.15) is 5.26 Å². The number of aromatic nitrogens is 2. The molecule has 2 rings (SSSR count). The van der Waals surface area contributed by atoms with Crippen LogP contribution in [0.15, 0.2) is 30.6 Å². The Morgan fingerprint density at radius 2 is 2.00 bits per heavy atom. The van der Waals surface area contributed by atoms with E-state index in [-0.39, 0.29) is 0 Å². The summed E-state index contributed by atoms with van der Waals surface area (Å²) >= 11 is 0. The highest BCUT2D eigenvalue weighted by molar-refractivity contribution is 5.95. The first kappa shape index (κ1) is 14.9. The summed E-state index contributed by atoms with van der Waals surface area (Å²) in [6, 6.07) is 8.10. The van der Waals surface area contributed by atoms with Crippen LogP contribution in [0, 0.1) is 25.2 Å². The van der Waals surface area contributed by atoms with Gasteiger partial charge >= 0.3 is 0 Å². The highest BCUT2D eigenvalue weighted by atomic mass is 14.7. The van der Waals surface area contributed by atoms with Crippen molar-refractivity contribution in [3.05, 3.63) is 58.7 Å². The number of hydrogen-bond acceptors (Lipinski definition) is 4. The van der Waals surface area contributed by atoms with Crippen molar-refractivity contribution in [1.29, 1.82) is 5.26 Å². The molecule has 4 heteroatoms. The molecule has 0 aliphatic carbocycles. The quantitative estimate of drug-likeness (QED) is 0.876. The number of nitrogens with two attached hydrogens (primary N) is 1. The van der Waals surface area contributed by atoms with Crippen LogP contribution in [0.1, 0.15) is 35.0 Å². The average molecular weight is 278 g/mol. The third kappa shape index (κ3) is 3.15. The number of hydrogen-bond donors (Lipinski definition) is 1. The molecule has 2 heterocycles. The second-order valence-corrected chi connectivity index (χ2v) is 5.05. The Hall–Kier alpha value is -2.51. The van der Waals surface area contributed by atoms with E-state index in [2.05, 4.69) is 16.0 Å². The maximum absolute atomic E-state index is 9.51. The molecule has 21 heavy (non-hydrogen) atoms. The van der Waals surface area contributed by atoms with Crippen LogP contribution in [0.5, 0.6) is 0 Å². The third-order valence-corrected chi connectivity index (χ3v) is 3.38. The molecule has 0 aromatic carbocycles. The van der Waals surface area contributed by atoms with Crippen LogP contribution in [-0.2, 0) is 6.54 Å². The minimum atomic E-state index is 0.458. The summed E-state index contributed by atoms with van der Waals surface area (Å²) in [7, 11) is 0. The van der Waals surface area contributed by atoms with Gasteiger partial charge in [-0.15, -0.1) is 0 Å². The van der Waals surface area contributed by atoms with Crippen molar-refractivity contribution in [2.75, 3.05) is 0 Å². The zero-order valence-corrected chi connectivity index (χ0v) is 12.5. The number of rotatable bonds is 3. The van der Waals surface area contributed by atoms with E-state index < -0.39 is 0 Å². The van der Waals surface area contributed by atoms with E-state index in [4.69, 9.17) is 5.73 Å². The summed E-state index contributed by atoms with van der Waals surface area (Å²) in [6.45, 7) is 6.30. The average Bonchev–Trinajstić information content (AvgIpc) is 2.50. The van der Waals surface area contributed by atoms with E-state index in [0.717, 1.165) is 28.0 Å². The fraction of sp³-hybridized carbons (Fsp3) is 0.235. The molecule has 0 aliphatic heterocycles.